The van der Waals surface area contributed by atoms with Gasteiger partial charge < -0.3 is 10.5 Å². The van der Waals surface area contributed by atoms with Crippen molar-refractivity contribution in [3.63, 3.8) is 0 Å². The van der Waals surface area contributed by atoms with E-state index in [-0.39, 0.29) is 0 Å². The van der Waals surface area contributed by atoms with Crippen LogP contribution in [0.5, 0.6) is 5.88 Å². The fraction of sp³-hybridized carbons (Fsp3) is 0.615. The van der Waals surface area contributed by atoms with Gasteiger partial charge in [-0.05, 0) is 44.2 Å². The number of anilines is 1. The second kappa shape index (κ2) is 5.19. The van der Waals surface area contributed by atoms with Crippen molar-refractivity contribution in [3.05, 3.63) is 17.8 Å². The minimum atomic E-state index is 0.305. The molecule has 0 amide bonds. The molecule has 0 radical (unpaired) electrons. The van der Waals surface area contributed by atoms with Crippen LogP contribution < -0.4 is 10.5 Å². The van der Waals surface area contributed by atoms with Gasteiger partial charge >= 0.3 is 0 Å². The lowest BCUT2D eigenvalue weighted by Crippen LogP contribution is -2.17. The van der Waals surface area contributed by atoms with Gasteiger partial charge in [0.1, 0.15) is 6.10 Å². The normalized spacial score (nSPS) is 18.1. The lowest BCUT2D eigenvalue weighted by atomic mass is 10.1. The number of nitrogens with two attached hydrogens (primary N) is 1. The van der Waals surface area contributed by atoms with Crippen LogP contribution in [0.25, 0.3) is 0 Å². The van der Waals surface area contributed by atoms with E-state index in [0.717, 1.165) is 18.4 Å². The Balaban J connectivity index is 2.04. The number of nitrogen functional groups attached to an aromatic ring is 1. The summed E-state index contributed by atoms with van der Waals surface area (Å²) in [7, 11) is 0. The average molecular weight is 220 g/mol. The summed E-state index contributed by atoms with van der Waals surface area (Å²) < 4.78 is 5.91. The zero-order valence-corrected chi connectivity index (χ0v) is 9.91. The molecule has 0 atom stereocenters. The molecule has 1 aromatic heterocycles. The molecule has 0 saturated heterocycles. The second-order valence-electron chi connectivity index (χ2n) is 4.58. The van der Waals surface area contributed by atoms with E-state index in [1.807, 2.05) is 13.0 Å². The summed E-state index contributed by atoms with van der Waals surface area (Å²) in [4.78, 5) is 4.22. The van der Waals surface area contributed by atoms with Crippen molar-refractivity contribution in [1.29, 1.82) is 0 Å². The van der Waals surface area contributed by atoms with Gasteiger partial charge in [0.05, 0.1) is 5.69 Å². The lowest BCUT2D eigenvalue weighted by molar-refractivity contribution is 0.177. The first kappa shape index (κ1) is 11.2. The lowest BCUT2D eigenvalue weighted by Gasteiger charge is -2.17. The third-order valence-corrected chi connectivity index (χ3v) is 3.25. The molecule has 1 aromatic rings. The van der Waals surface area contributed by atoms with Crippen molar-refractivity contribution < 1.29 is 4.74 Å². The van der Waals surface area contributed by atoms with Gasteiger partial charge in [-0.25, -0.2) is 4.98 Å². The molecule has 2 N–H and O–H groups in total. The fourth-order valence-corrected chi connectivity index (χ4v) is 2.16. The highest BCUT2D eigenvalue weighted by molar-refractivity contribution is 5.53. The summed E-state index contributed by atoms with van der Waals surface area (Å²) in [6.07, 6.45) is 9.51. The SMILES string of the molecule is Cc1ccnc(OC2CCCCCC2)c1N. The summed E-state index contributed by atoms with van der Waals surface area (Å²) in [5.74, 6) is 0.618. The summed E-state index contributed by atoms with van der Waals surface area (Å²) in [6, 6.07) is 1.91. The maximum atomic E-state index is 5.95. The highest BCUT2D eigenvalue weighted by atomic mass is 16.5. The number of rotatable bonds is 2. The third kappa shape index (κ3) is 2.65. The number of ether oxygens (including phenoxy) is 1. The topological polar surface area (TPSA) is 48.1 Å². The van der Waals surface area contributed by atoms with Gasteiger partial charge in [-0.15, -0.1) is 0 Å². The van der Waals surface area contributed by atoms with Crippen LogP contribution in [0.2, 0.25) is 0 Å². The van der Waals surface area contributed by atoms with Crippen LogP contribution in [0.4, 0.5) is 5.69 Å². The monoisotopic (exact) mass is 220 g/mol. The number of pyridine rings is 1. The molecule has 16 heavy (non-hydrogen) atoms. The molecular formula is C13H20N2O. The fourth-order valence-electron chi connectivity index (χ4n) is 2.16. The van der Waals surface area contributed by atoms with Crippen molar-refractivity contribution in [2.75, 3.05) is 5.73 Å². The summed E-state index contributed by atoms with van der Waals surface area (Å²) in [5, 5.41) is 0. The maximum Gasteiger partial charge on any atom is 0.237 e. The molecule has 1 heterocycles. The number of hydrogen-bond donors (Lipinski definition) is 1. The zero-order chi connectivity index (χ0) is 11.4. The van der Waals surface area contributed by atoms with Crippen molar-refractivity contribution >= 4 is 5.69 Å². The first-order valence-electron chi connectivity index (χ1n) is 6.15. The van der Waals surface area contributed by atoms with E-state index in [4.69, 9.17) is 10.5 Å². The molecule has 0 spiro atoms. The molecule has 0 aliphatic heterocycles. The Bertz CT molecular complexity index is 344. The van der Waals surface area contributed by atoms with Crippen LogP contribution in [-0.4, -0.2) is 11.1 Å². The number of aromatic nitrogens is 1. The van der Waals surface area contributed by atoms with E-state index in [1.165, 1.54) is 25.7 Å². The van der Waals surface area contributed by atoms with Crippen LogP contribution in [0.3, 0.4) is 0 Å². The Morgan fingerprint density at radius 3 is 2.62 bits per heavy atom. The summed E-state index contributed by atoms with van der Waals surface area (Å²) in [6.45, 7) is 1.98. The van der Waals surface area contributed by atoms with Gasteiger partial charge in [0.15, 0.2) is 0 Å². The molecule has 88 valence electrons. The van der Waals surface area contributed by atoms with Gasteiger partial charge in [0, 0.05) is 6.20 Å². The summed E-state index contributed by atoms with van der Waals surface area (Å²) in [5.41, 5.74) is 7.68. The molecule has 2 rings (SSSR count). The van der Waals surface area contributed by atoms with Gasteiger partial charge in [-0.2, -0.15) is 0 Å². The molecule has 1 aliphatic rings. The molecule has 3 heteroatoms. The van der Waals surface area contributed by atoms with E-state index in [0.29, 0.717) is 17.7 Å². The summed E-state index contributed by atoms with van der Waals surface area (Å²) >= 11 is 0. The van der Waals surface area contributed by atoms with E-state index < -0.39 is 0 Å². The Hall–Kier alpha value is -1.25. The molecule has 0 bridgehead atoms. The van der Waals surface area contributed by atoms with Crippen molar-refractivity contribution in [3.8, 4) is 5.88 Å². The quantitative estimate of drug-likeness (QED) is 0.779. The first-order chi connectivity index (χ1) is 7.77. The average Bonchev–Trinajstić information content (AvgIpc) is 2.53. The number of nitrogens with zero attached hydrogens (tertiary/aromatic N) is 1. The smallest absolute Gasteiger partial charge is 0.237 e. The molecule has 1 saturated carbocycles. The molecule has 1 fully saturated rings. The first-order valence-corrected chi connectivity index (χ1v) is 6.15. The van der Waals surface area contributed by atoms with Crippen LogP contribution in [-0.2, 0) is 0 Å². The number of aryl methyl sites for hydroxylation is 1. The maximum absolute atomic E-state index is 5.95. The standard InChI is InChI=1S/C13H20N2O/c1-10-8-9-15-13(12(10)14)16-11-6-4-2-3-5-7-11/h8-9,11H,2-7,14H2,1H3. The van der Waals surface area contributed by atoms with Crippen LogP contribution in [0.1, 0.15) is 44.1 Å². The Morgan fingerprint density at radius 2 is 1.94 bits per heavy atom. The van der Waals surface area contributed by atoms with Crippen molar-refractivity contribution in [2.45, 2.75) is 51.6 Å². The van der Waals surface area contributed by atoms with Crippen LogP contribution in [0.15, 0.2) is 12.3 Å². The van der Waals surface area contributed by atoms with Gasteiger partial charge in [-0.1, -0.05) is 12.8 Å². The van der Waals surface area contributed by atoms with E-state index in [1.54, 1.807) is 6.20 Å². The highest BCUT2D eigenvalue weighted by Crippen LogP contribution is 2.26. The van der Waals surface area contributed by atoms with E-state index >= 15 is 0 Å². The molecule has 0 aromatic carbocycles. The predicted octanol–water partition coefficient (Wildman–Crippen LogP) is 3.07. The minimum absolute atomic E-state index is 0.305. The molecule has 3 nitrogen and oxygen atoms in total. The van der Waals surface area contributed by atoms with E-state index in [9.17, 15) is 0 Å². The predicted molar refractivity (Wildman–Crippen MR) is 65.5 cm³/mol. The highest BCUT2D eigenvalue weighted by Gasteiger charge is 2.15. The van der Waals surface area contributed by atoms with Crippen LogP contribution in [0, 0.1) is 6.92 Å². The molecule has 0 unspecified atom stereocenters. The van der Waals surface area contributed by atoms with Gasteiger partial charge in [-0.3, -0.25) is 0 Å². The zero-order valence-electron chi connectivity index (χ0n) is 9.91. The van der Waals surface area contributed by atoms with Crippen molar-refractivity contribution in [1.82, 2.24) is 4.98 Å². The van der Waals surface area contributed by atoms with Gasteiger partial charge in [0.2, 0.25) is 5.88 Å². The largest absolute Gasteiger partial charge is 0.473 e. The van der Waals surface area contributed by atoms with Crippen molar-refractivity contribution in [2.24, 2.45) is 0 Å². The van der Waals surface area contributed by atoms with E-state index in [2.05, 4.69) is 4.98 Å². The Kier molecular flexibility index (Phi) is 3.65. The van der Waals surface area contributed by atoms with Gasteiger partial charge in [0.25, 0.3) is 0 Å². The molecular weight excluding hydrogens is 200 g/mol. The Morgan fingerprint density at radius 1 is 1.25 bits per heavy atom. The Labute approximate surface area is 97.0 Å². The minimum Gasteiger partial charge on any atom is -0.473 e. The molecule has 1 aliphatic carbocycles. The number of hydrogen-bond acceptors (Lipinski definition) is 3. The second-order valence-corrected chi connectivity index (χ2v) is 4.58. The van der Waals surface area contributed by atoms with Crippen LogP contribution >= 0.6 is 0 Å². The third-order valence-electron chi connectivity index (χ3n) is 3.25.